The molecule has 0 bridgehead atoms. The van der Waals surface area contributed by atoms with E-state index in [1.54, 1.807) is 0 Å². The fourth-order valence-corrected chi connectivity index (χ4v) is 1.95. The summed E-state index contributed by atoms with van der Waals surface area (Å²) in [6.45, 7) is 11.2. The minimum absolute atomic E-state index is 0.207. The maximum absolute atomic E-state index is 9.08. The summed E-state index contributed by atoms with van der Waals surface area (Å²) in [5, 5.41) is 13.6. The largest absolute Gasteiger partial charge is 0.395 e. The predicted octanol–water partition coefficient (Wildman–Crippen LogP) is 1.67. The third-order valence-electron chi connectivity index (χ3n) is 3.06. The molecule has 0 aliphatic heterocycles. The summed E-state index contributed by atoms with van der Waals surface area (Å²) in [4.78, 5) is 2.27. The number of aliphatic hydroxyl groups excluding tert-OH is 1. The number of aryl methyl sites for hydroxylation is 2. The molecule has 1 N–H and O–H groups in total. The van der Waals surface area contributed by atoms with Crippen molar-refractivity contribution in [2.75, 3.05) is 13.2 Å². The molecule has 0 amide bonds. The minimum atomic E-state index is 0.207. The summed E-state index contributed by atoms with van der Waals surface area (Å²) < 4.78 is 2.06. The van der Waals surface area contributed by atoms with Crippen molar-refractivity contribution in [3.63, 3.8) is 0 Å². The molecule has 0 unspecified atom stereocenters. The van der Waals surface area contributed by atoms with Crippen LogP contribution in [0.5, 0.6) is 0 Å². The number of nitrogens with zero attached hydrogens (tertiary/aromatic N) is 3. The van der Waals surface area contributed by atoms with Crippen molar-refractivity contribution in [2.45, 2.75) is 53.2 Å². The Morgan fingerprint density at radius 1 is 1.41 bits per heavy atom. The van der Waals surface area contributed by atoms with Crippen LogP contribution in [0.25, 0.3) is 0 Å². The smallest absolute Gasteiger partial charge is 0.0625 e. The van der Waals surface area contributed by atoms with Crippen LogP contribution < -0.4 is 0 Å². The van der Waals surface area contributed by atoms with Gasteiger partial charge in [0.15, 0.2) is 0 Å². The lowest BCUT2D eigenvalue weighted by atomic mass is 10.2. The second-order valence-corrected chi connectivity index (χ2v) is 4.58. The highest BCUT2D eigenvalue weighted by Crippen LogP contribution is 2.11. The molecule has 4 heteroatoms. The zero-order valence-electron chi connectivity index (χ0n) is 11.5. The first kappa shape index (κ1) is 14.2. The Balaban J connectivity index is 2.80. The van der Waals surface area contributed by atoms with Crippen molar-refractivity contribution in [1.82, 2.24) is 14.7 Å². The molecule has 0 fully saturated rings. The maximum atomic E-state index is 9.08. The molecule has 1 rings (SSSR count). The first-order valence-corrected chi connectivity index (χ1v) is 6.52. The van der Waals surface area contributed by atoms with Crippen molar-refractivity contribution >= 4 is 0 Å². The lowest BCUT2D eigenvalue weighted by molar-refractivity contribution is 0.156. The molecule has 4 nitrogen and oxygen atoms in total. The molecule has 1 heterocycles. The normalized spacial score (nSPS) is 11.7. The predicted molar refractivity (Wildman–Crippen MR) is 69.9 cm³/mol. The molecule has 17 heavy (non-hydrogen) atoms. The van der Waals surface area contributed by atoms with E-state index in [4.69, 9.17) is 5.11 Å². The van der Waals surface area contributed by atoms with E-state index < -0.39 is 0 Å². The van der Waals surface area contributed by atoms with Crippen LogP contribution in [-0.2, 0) is 19.5 Å². The molecule has 0 radical (unpaired) electrons. The van der Waals surface area contributed by atoms with Crippen LogP contribution in [0.4, 0.5) is 0 Å². The zero-order valence-corrected chi connectivity index (χ0v) is 11.5. The van der Waals surface area contributed by atoms with Gasteiger partial charge in [-0.05, 0) is 33.3 Å². The highest BCUT2D eigenvalue weighted by atomic mass is 16.3. The number of hydrogen-bond acceptors (Lipinski definition) is 3. The number of rotatable bonds is 7. The lowest BCUT2D eigenvalue weighted by Crippen LogP contribution is -2.33. The van der Waals surface area contributed by atoms with E-state index in [9.17, 15) is 0 Å². The molecular weight excluding hydrogens is 214 g/mol. The minimum Gasteiger partial charge on any atom is -0.395 e. The Hall–Kier alpha value is -0.870. The first-order valence-electron chi connectivity index (χ1n) is 6.52. The maximum Gasteiger partial charge on any atom is 0.0625 e. The van der Waals surface area contributed by atoms with Gasteiger partial charge >= 0.3 is 0 Å². The van der Waals surface area contributed by atoms with Gasteiger partial charge in [0.25, 0.3) is 0 Å². The molecule has 98 valence electrons. The van der Waals surface area contributed by atoms with E-state index in [0.29, 0.717) is 12.6 Å². The van der Waals surface area contributed by atoms with Gasteiger partial charge in [0, 0.05) is 25.7 Å². The van der Waals surface area contributed by atoms with E-state index in [0.717, 1.165) is 25.2 Å². The van der Waals surface area contributed by atoms with Gasteiger partial charge in [-0.2, -0.15) is 5.10 Å². The third-order valence-corrected chi connectivity index (χ3v) is 3.06. The van der Waals surface area contributed by atoms with Crippen LogP contribution in [0.3, 0.4) is 0 Å². The summed E-state index contributed by atoms with van der Waals surface area (Å²) in [5.41, 5.74) is 2.39. The molecule has 0 aromatic carbocycles. The van der Waals surface area contributed by atoms with Crippen molar-refractivity contribution in [3.8, 4) is 0 Å². The van der Waals surface area contributed by atoms with E-state index >= 15 is 0 Å². The topological polar surface area (TPSA) is 41.3 Å². The van der Waals surface area contributed by atoms with Gasteiger partial charge in [0.2, 0.25) is 0 Å². The van der Waals surface area contributed by atoms with Gasteiger partial charge in [-0.15, -0.1) is 0 Å². The zero-order chi connectivity index (χ0) is 12.8. The van der Waals surface area contributed by atoms with Crippen molar-refractivity contribution in [2.24, 2.45) is 0 Å². The monoisotopic (exact) mass is 239 g/mol. The fraction of sp³-hybridized carbons (Fsp3) is 0.769. The fourth-order valence-electron chi connectivity index (χ4n) is 1.95. The van der Waals surface area contributed by atoms with Gasteiger partial charge in [-0.1, -0.05) is 6.92 Å². The van der Waals surface area contributed by atoms with Gasteiger partial charge in [0.05, 0.1) is 18.0 Å². The molecule has 0 aliphatic carbocycles. The molecule has 0 spiro atoms. The second kappa shape index (κ2) is 6.77. The average Bonchev–Trinajstić information content (AvgIpc) is 2.70. The third kappa shape index (κ3) is 3.82. The van der Waals surface area contributed by atoms with Gasteiger partial charge in [-0.3, -0.25) is 9.58 Å². The summed E-state index contributed by atoms with van der Waals surface area (Å²) in [5.74, 6) is 0. The van der Waals surface area contributed by atoms with Crippen LogP contribution in [0.2, 0.25) is 0 Å². The van der Waals surface area contributed by atoms with Crippen LogP contribution in [-0.4, -0.2) is 39.0 Å². The Bertz CT molecular complexity index is 333. The highest BCUT2D eigenvalue weighted by Gasteiger charge is 2.13. The Labute approximate surface area is 104 Å². The van der Waals surface area contributed by atoms with E-state index in [2.05, 4.69) is 48.4 Å². The van der Waals surface area contributed by atoms with Crippen molar-refractivity contribution in [1.29, 1.82) is 0 Å². The molecule has 1 aromatic heterocycles. The molecule has 0 atom stereocenters. The molecular formula is C13H25N3O. The lowest BCUT2D eigenvalue weighted by Gasteiger charge is -2.25. The molecule has 0 saturated heterocycles. The Kier molecular flexibility index (Phi) is 5.65. The molecule has 1 aromatic rings. The van der Waals surface area contributed by atoms with E-state index in [1.165, 1.54) is 5.69 Å². The number of aromatic nitrogens is 2. The van der Waals surface area contributed by atoms with Crippen LogP contribution >= 0.6 is 0 Å². The summed E-state index contributed by atoms with van der Waals surface area (Å²) in [7, 11) is 0. The van der Waals surface area contributed by atoms with Gasteiger partial charge in [0.1, 0.15) is 0 Å². The van der Waals surface area contributed by atoms with Crippen LogP contribution in [0, 0.1) is 0 Å². The van der Waals surface area contributed by atoms with Crippen LogP contribution in [0.1, 0.15) is 39.1 Å². The first-order chi connectivity index (χ1) is 8.12. The second-order valence-electron chi connectivity index (χ2n) is 4.58. The van der Waals surface area contributed by atoms with Gasteiger partial charge in [-0.25, -0.2) is 0 Å². The Morgan fingerprint density at radius 3 is 2.59 bits per heavy atom. The summed E-state index contributed by atoms with van der Waals surface area (Å²) in [6, 6.07) is 2.61. The van der Waals surface area contributed by atoms with Crippen molar-refractivity contribution in [3.05, 3.63) is 17.5 Å². The van der Waals surface area contributed by atoms with Gasteiger partial charge < -0.3 is 5.11 Å². The SMILES string of the molecule is CCc1cc(CN(CCO)C(C)C)n(CC)n1. The quantitative estimate of drug-likeness (QED) is 0.787. The van der Waals surface area contributed by atoms with Crippen molar-refractivity contribution < 1.29 is 5.11 Å². The highest BCUT2D eigenvalue weighted by molar-refractivity contribution is 5.10. The standard InChI is InChI=1S/C13H25N3O/c1-5-12-9-13(16(6-2)14-12)10-15(7-8-17)11(3)4/h9,11,17H,5-8,10H2,1-4H3. The van der Waals surface area contributed by atoms with Crippen LogP contribution in [0.15, 0.2) is 6.07 Å². The van der Waals surface area contributed by atoms with E-state index in [-0.39, 0.29) is 6.61 Å². The Morgan fingerprint density at radius 2 is 2.12 bits per heavy atom. The molecule has 0 aliphatic rings. The van der Waals surface area contributed by atoms with E-state index in [1.807, 2.05) is 0 Å². The number of hydrogen-bond donors (Lipinski definition) is 1. The average molecular weight is 239 g/mol. The summed E-state index contributed by atoms with van der Waals surface area (Å²) in [6.07, 6.45) is 0.974. The number of aliphatic hydroxyl groups is 1. The summed E-state index contributed by atoms with van der Waals surface area (Å²) >= 11 is 0. The molecule has 0 saturated carbocycles.